The quantitative estimate of drug-likeness (QED) is 0.260. The van der Waals surface area contributed by atoms with Gasteiger partial charge in [0.2, 0.25) is 5.72 Å². The third kappa shape index (κ3) is 2.75. The van der Waals surface area contributed by atoms with E-state index in [1.807, 2.05) is 4.98 Å². The van der Waals surface area contributed by atoms with Crippen LogP contribution in [0.15, 0.2) is 21.9 Å². The molecule has 0 radical (unpaired) electrons. The Morgan fingerprint density at radius 3 is 2.33 bits per heavy atom. The van der Waals surface area contributed by atoms with Crippen molar-refractivity contribution in [2.24, 2.45) is 0 Å². The average Bonchev–Trinajstić information content (AvgIpc) is 3.01. The minimum atomic E-state index is -3.59. The van der Waals surface area contributed by atoms with E-state index in [1.54, 1.807) is 0 Å². The van der Waals surface area contributed by atoms with Gasteiger partial charge in [0.15, 0.2) is 6.10 Å². The van der Waals surface area contributed by atoms with Crippen LogP contribution in [0.1, 0.15) is 0 Å². The Hall–Kier alpha value is -1.71. The summed E-state index contributed by atoms with van der Waals surface area (Å²) >= 11 is 0. The van der Waals surface area contributed by atoms with Crippen molar-refractivity contribution in [2.45, 2.75) is 48.2 Å². The highest BCUT2D eigenvalue weighted by Crippen LogP contribution is 2.48. The summed E-state index contributed by atoms with van der Waals surface area (Å²) in [5, 5.41) is 59.3. The molecular weight excluding hydrogens is 375 g/mol. The van der Waals surface area contributed by atoms with Gasteiger partial charge in [-0.3, -0.25) is 14.3 Å². The molecule has 0 aliphatic carbocycles. The first-order valence-corrected chi connectivity index (χ1v) is 7.94. The third-order valence-electron chi connectivity index (χ3n) is 4.87. The van der Waals surface area contributed by atoms with E-state index in [-0.39, 0.29) is 0 Å². The zero-order valence-electron chi connectivity index (χ0n) is 13.7. The number of H-pyrrole nitrogens is 1. The van der Waals surface area contributed by atoms with Crippen LogP contribution in [0.3, 0.4) is 0 Å². The van der Waals surface area contributed by atoms with Gasteiger partial charge < -0.3 is 40.1 Å². The number of aromatic nitrogens is 2. The first-order chi connectivity index (χ1) is 12.6. The second-order valence-corrected chi connectivity index (χ2v) is 6.41. The SMILES string of the molecule is O=c1ccn([C@]2(C3O[C@H](CO)[C@H](O)[C@H]3O)O[C@H](CO)[C@](O)(F)[C@H]2O)c(=O)[nH]1. The summed E-state index contributed by atoms with van der Waals surface area (Å²) in [5.74, 6) is -3.59. The molecule has 2 aliphatic rings. The summed E-state index contributed by atoms with van der Waals surface area (Å²) in [6, 6.07) is 0.823. The summed E-state index contributed by atoms with van der Waals surface area (Å²) < 4.78 is 25.7. The molecule has 13 heteroatoms. The van der Waals surface area contributed by atoms with Crippen molar-refractivity contribution >= 4 is 0 Å². The molecule has 8 atom stereocenters. The van der Waals surface area contributed by atoms with Crippen LogP contribution < -0.4 is 11.2 Å². The van der Waals surface area contributed by atoms with Crippen LogP contribution in [0.2, 0.25) is 0 Å². The van der Waals surface area contributed by atoms with Crippen LogP contribution in [0.4, 0.5) is 4.39 Å². The van der Waals surface area contributed by atoms with Crippen molar-refractivity contribution < 1.29 is 44.5 Å². The van der Waals surface area contributed by atoms with Gasteiger partial charge in [-0.15, -0.1) is 0 Å². The van der Waals surface area contributed by atoms with E-state index < -0.39 is 72.7 Å². The lowest BCUT2D eigenvalue weighted by Crippen LogP contribution is -2.62. The van der Waals surface area contributed by atoms with Gasteiger partial charge in [-0.2, -0.15) is 0 Å². The summed E-state index contributed by atoms with van der Waals surface area (Å²) in [6.07, 6.45) is -10.7. The molecule has 12 nitrogen and oxygen atoms in total. The Balaban J connectivity index is 2.23. The number of aliphatic hydroxyl groups is 6. The summed E-state index contributed by atoms with van der Waals surface area (Å²) in [6.45, 7) is -1.90. The van der Waals surface area contributed by atoms with Crippen molar-refractivity contribution in [1.82, 2.24) is 9.55 Å². The zero-order chi connectivity index (χ0) is 20.1. The molecule has 3 heterocycles. The van der Waals surface area contributed by atoms with Crippen LogP contribution in [0, 0.1) is 0 Å². The molecule has 152 valence electrons. The minimum absolute atomic E-state index is 0.472. The molecule has 0 saturated carbocycles. The predicted octanol–water partition coefficient (Wildman–Crippen LogP) is -4.92. The van der Waals surface area contributed by atoms with Crippen molar-refractivity contribution in [1.29, 1.82) is 0 Å². The van der Waals surface area contributed by atoms with Gasteiger partial charge in [0.05, 0.1) is 13.2 Å². The van der Waals surface area contributed by atoms with Gasteiger partial charge in [-0.05, 0) is 0 Å². The first-order valence-electron chi connectivity index (χ1n) is 7.94. The molecule has 2 aliphatic heterocycles. The van der Waals surface area contributed by atoms with Gasteiger partial charge in [0.1, 0.15) is 30.5 Å². The highest BCUT2D eigenvalue weighted by Gasteiger charge is 2.72. The van der Waals surface area contributed by atoms with Gasteiger partial charge in [0.25, 0.3) is 11.4 Å². The molecular formula is C14H19FN2O10. The number of nitrogens with one attached hydrogen (secondary N) is 1. The molecule has 0 amide bonds. The summed E-state index contributed by atoms with van der Waals surface area (Å²) in [4.78, 5) is 25.5. The number of aromatic amines is 1. The Bertz CT molecular complexity index is 812. The van der Waals surface area contributed by atoms with Crippen molar-refractivity contribution in [3.63, 3.8) is 0 Å². The number of alkyl halides is 1. The molecule has 0 spiro atoms. The molecule has 0 aromatic carbocycles. The summed E-state index contributed by atoms with van der Waals surface area (Å²) in [7, 11) is 0. The second-order valence-electron chi connectivity index (χ2n) is 6.41. The lowest BCUT2D eigenvalue weighted by atomic mass is 9.91. The van der Waals surface area contributed by atoms with E-state index in [9.17, 15) is 44.6 Å². The van der Waals surface area contributed by atoms with Crippen LogP contribution in [0.25, 0.3) is 0 Å². The molecule has 2 saturated heterocycles. The Kier molecular flexibility index (Phi) is 4.98. The fourth-order valence-corrected chi connectivity index (χ4v) is 3.49. The van der Waals surface area contributed by atoms with E-state index in [1.165, 1.54) is 0 Å². The predicted molar refractivity (Wildman–Crippen MR) is 81.1 cm³/mol. The fourth-order valence-electron chi connectivity index (χ4n) is 3.49. The topological polar surface area (TPSA) is 195 Å². The molecule has 2 fully saturated rings. The Labute approximate surface area is 149 Å². The highest BCUT2D eigenvalue weighted by molar-refractivity contribution is 5.12. The Morgan fingerprint density at radius 1 is 1.19 bits per heavy atom. The molecule has 1 aromatic heterocycles. The van der Waals surface area contributed by atoms with E-state index in [0.717, 1.165) is 12.3 Å². The number of hydrogen-bond donors (Lipinski definition) is 7. The number of rotatable bonds is 4. The monoisotopic (exact) mass is 394 g/mol. The van der Waals surface area contributed by atoms with E-state index in [2.05, 4.69) is 0 Å². The van der Waals surface area contributed by atoms with Crippen LogP contribution in [-0.2, 0) is 15.2 Å². The van der Waals surface area contributed by atoms with Crippen molar-refractivity contribution in [2.75, 3.05) is 13.2 Å². The number of hydrogen-bond acceptors (Lipinski definition) is 10. The number of aliphatic hydroxyl groups excluding tert-OH is 5. The maximum absolute atomic E-state index is 14.7. The van der Waals surface area contributed by atoms with Crippen LogP contribution in [-0.4, -0.2) is 95.9 Å². The van der Waals surface area contributed by atoms with Crippen molar-refractivity contribution in [3.8, 4) is 0 Å². The van der Waals surface area contributed by atoms with E-state index in [0.29, 0.717) is 4.57 Å². The molecule has 1 aromatic rings. The maximum atomic E-state index is 14.7. The smallest absolute Gasteiger partial charge is 0.330 e. The number of ether oxygens (including phenoxy) is 2. The zero-order valence-corrected chi connectivity index (χ0v) is 13.7. The summed E-state index contributed by atoms with van der Waals surface area (Å²) in [5.41, 5.74) is -4.74. The van der Waals surface area contributed by atoms with Crippen molar-refractivity contribution in [3.05, 3.63) is 33.1 Å². The fraction of sp³-hybridized carbons (Fsp3) is 0.714. The number of halogens is 1. The van der Waals surface area contributed by atoms with Crippen LogP contribution in [0.5, 0.6) is 0 Å². The lowest BCUT2D eigenvalue weighted by Gasteiger charge is -2.39. The van der Waals surface area contributed by atoms with Gasteiger partial charge in [-0.1, -0.05) is 0 Å². The standard InChI is InChI=1S/C14H19FN2O10/c15-13(25)6(4-19)27-14(11(13)23,17-2-1-7(20)16-12(17)24)10-9(22)8(21)5(3-18)26-10/h1-2,5-6,8-11,18-19,21-23,25H,3-4H2,(H,16,20,24)/t5-,6-,8+,9-,10?,11-,13-,14-/m1/s1. The van der Waals surface area contributed by atoms with Crippen LogP contribution >= 0.6 is 0 Å². The second kappa shape index (κ2) is 6.72. The molecule has 7 N–H and O–H groups in total. The van der Waals surface area contributed by atoms with Gasteiger partial charge in [0, 0.05) is 12.3 Å². The maximum Gasteiger partial charge on any atom is 0.330 e. The molecule has 27 heavy (non-hydrogen) atoms. The van der Waals surface area contributed by atoms with Gasteiger partial charge >= 0.3 is 5.69 Å². The number of nitrogens with zero attached hydrogens (tertiary/aromatic N) is 1. The Morgan fingerprint density at radius 2 is 1.85 bits per heavy atom. The van der Waals surface area contributed by atoms with E-state index in [4.69, 9.17) is 9.47 Å². The highest BCUT2D eigenvalue weighted by atomic mass is 19.2. The first kappa shape index (κ1) is 20.0. The van der Waals surface area contributed by atoms with Gasteiger partial charge in [-0.25, -0.2) is 9.18 Å². The third-order valence-corrected chi connectivity index (χ3v) is 4.87. The largest absolute Gasteiger partial charge is 0.394 e. The minimum Gasteiger partial charge on any atom is -0.394 e. The normalized spacial score (nSPS) is 44.7. The van der Waals surface area contributed by atoms with E-state index >= 15 is 0 Å². The lowest BCUT2D eigenvalue weighted by molar-refractivity contribution is -0.237. The average molecular weight is 394 g/mol. The molecule has 1 unspecified atom stereocenters. The molecule has 0 bridgehead atoms. The molecule has 3 rings (SSSR count).